The van der Waals surface area contributed by atoms with Gasteiger partial charge in [0.25, 0.3) is 5.91 Å². The number of rotatable bonds is 8. The van der Waals surface area contributed by atoms with E-state index in [1.54, 1.807) is 12.1 Å². The number of benzene rings is 2. The van der Waals surface area contributed by atoms with Crippen molar-refractivity contribution < 1.29 is 14.0 Å². The van der Waals surface area contributed by atoms with Crippen LogP contribution in [0.2, 0.25) is 0 Å². The molecule has 2 N–H and O–H groups in total. The van der Waals surface area contributed by atoms with Crippen LogP contribution >= 0.6 is 27.7 Å². The number of nitrogens with one attached hydrogen (secondary N) is 2. The van der Waals surface area contributed by atoms with Crippen molar-refractivity contribution in [1.29, 1.82) is 0 Å². The Bertz CT molecular complexity index is 1140. The van der Waals surface area contributed by atoms with Crippen molar-refractivity contribution in [2.75, 3.05) is 11.1 Å². The molecule has 7 nitrogen and oxygen atoms in total. The van der Waals surface area contributed by atoms with Crippen LogP contribution in [-0.4, -0.2) is 32.3 Å². The van der Waals surface area contributed by atoms with Crippen LogP contribution in [0.3, 0.4) is 0 Å². The molecule has 3 aromatic rings. The molecular weight excluding hydrogens is 497 g/mol. The molecule has 3 rings (SSSR count). The van der Waals surface area contributed by atoms with Crippen LogP contribution in [0.15, 0.2) is 52.1 Å². The highest BCUT2D eigenvalue weighted by Crippen LogP contribution is 2.23. The lowest BCUT2D eigenvalue weighted by Crippen LogP contribution is -2.28. The summed E-state index contributed by atoms with van der Waals surface area (Å²) in [4.78, 5) is 24.8. The lowest BCUT2D eigenvalue weighted by atomic mass is 10.1. The molecule has 0 aliphatic heterocycles. The van der Waals surface area contributed by atoms with Crippen molar-refractivity contribution in [2.45, 2.75) is 38.5 Å². The number of aryl methyl sites for hydroxylation is 1. The minimum Gasteiger partial charge on any atom is -0.342 e. The summed E-state index contributed by atoms with van der Waals surface area (Å²) in [6, 6.07) is 11.4. The number of hydrogen-bond donors (Lipinski definition) is 2. The Balaban J connectivity index is 1.63. The van der Waals surface area contributed by atoms with Crippen LogP contribution in [0.4, 0.5) is 10.1 Å². The third kappa shape index (κ3) is 5.95. The fraction of sp³-hybridized carbons (Fsp3) is 0.273. The van der Waals surface area contributed by atoms with Gasteiger partial charge >= 0.3 is 0 Å². The Labute approximate surface area is 198 Å². The molecule has 2 aromatic carbocycles. The van der Waals surface area contributed by atoms with Gasteiger partial charge in [0.15, 0.2) is 11.0 Å². The Kier molecular flexibility index (Phi) is 8.03. The van der Waals surface area contributed by atoms with Crippen LogP contribution < -0.4 is 10.6 Å². The van der Waals surface area contributed by atoms with E-state index >= 15 is 0 Å². The molecule has 0 aliphatic carbocycles. The molecule has 10 heteroatoms. The number of anilines is 1. The maximum atomic E-state index is 13.9. The van der Waals surface area contributed by atoms with Gasteiger partial charge in [-0.05, 0) is 51.1 Å². The zero-order chi connectivity index (χ0) is 23.3. The van der Waals surface area contributed by atoms with E-state index in [2.05, 4.69) is 36.8 Å². The van der Waals surface area contributed by atoms with Gasteiger partial charge in [0, 0.05) is 16.6 Å². The minimum atomic E-state index is -0.519. The maximum Gasteiger partial charge on any atom is 0.251 e. The van der Waals surface area contributed by atoms with Gasteiger partial charge < -0.3 is 15.2 Å². The summed E-state index contributed by atoms with van der Waals surface area (Å²) in [6.45, 7) is 6.27. The first-order valence-corrected chi connectivity index (χ1v) is 11.7. The molecule has 0 bridgehead atoms. The zero-order valence-corrected chi connectivity index (χ0v) is 20.3. The zero-order valence-electron chi connectivity index (χ0n) is 17.9. The van der Waals surface area contributed by atoms with Gasteiger partial charge in [-0.15, -0.1) is 10.2 Å². The second-order valence-electron chi connectivity index (χ2n) is 7.11. The fourth-order valence-corrected chi connectivity index (χ4v) is 4.20. The summed E-state index contributed by atoms with van der Waals surface area (Å²) in [5.74, 6) is -0.441. The number of hydrogen-bond acceptors (Lipinski definition) is 5. The topological polar surface area (TPSA) is 88.9 Å². The quantitative estimate of drug-likeness (QED) is 0.420. The standard InChI is InChI=1S/C22H23BrFN5O2S/c1-4-29-20(14(3)25-21(31)15-7-5-6-13(2)10-15)27-28-22(29)32-12-19(30)26-18-9-8-16(23)11-17(18)24/h5-11,14H,4,12H2,1-3H3,(H,25,31)(H,26,30)/t14-/m1/s1. The van der Waals surface area contributed by atoms with E-state index in [1.807, 2.05) is 43.5 Å². The molecule has 0 saturated carbocycles. The van der Waals surface area contributed by atoms with Crippen molar-refractivity contribution >= 4 is 45.2 Å². The van der Waals surface area contributed by atoms with Crippen molar-refractivity contribution in [3.05, 3.63) is 69.7 Å². The summed E-state index contributed by atoms with van der Waals surface area (Å²) in [5, 5.41) is 14.4. The van der Waals surface area contributed by atoms with Gasteiger partial charge in [0.05, 0.1) is 17.5 Å². The molecule has 168 valence electrons. The third-order valence-electron chi connectivity index (χ3n) is 4.61. The van der Waals surface area contributed by atoms with Gasteiger partial charge in [-0.3, -0.25) is 9.59 Å². The molecular formula is C22H23BrFN5O2S. The van der Waals surface area contributed by atoms with Crippen LogP contribution in [0.5, 0.6) is 0 Å². The van der Waals surface area contributed by atoms with Crippen LogP contribution in [0.25, 0.3) is 0 Å². The molecule has 2 amide bonds. The van der Waals surface area contributed by atoms with E-state index < -0.39 is 5.82 Å². The Hall–Kier alpha value is -2.72. The van der Waals surface area contributed by atoms with E-state index in [1.165, 1.54) is 23.9 Å². The lowest BCUT2D eigenvalue weighted by Gasteiger charge is -2.15. The minimum absolute atomic E-state index is 0.0394. The number of carbonyl (C=O) groups is 2. The van der Waals surface area contributed by atoms with Crippen molar-refractivity contribution in [3.8, 4) is 0 Å². The van der Waals surface area contributed by atoms with E-state index in [4.69, 9.17) is 0 Å². The van der Waals surface area contributed by atoms with Crippen molar-refractivity contribution in [3.63, 3.8) is 0 Å². The van der Waals surface area contributed by atoms with E-state index in [0.29, 0.717) is 27.6 Å². The van der Waals surface area contributed by atoms with E-state index in [0.717, 1.165) is 5.56 Å². The fourth-order valence-electron chi connectivity index (χ4n) is 3.06. The number of nitrogens with zero attached hydrogens (tertiary/aromatic N) is 3. The number of halogens is 2. The first-order chi connectivity index (χ1) is 15.3. The second-order valence-corrected chi connectivity index (χ2v) is 8.97. The van der Waals surface area contributed by atoms with Crippen LogP contribution in [0, 0.1) is 12.7 Å². The summed E-state index contributed by atoms with van der Waals surface area (Å²) in [5.41, 5.74) is 1.69. The molecule has 1 heterocycles. The number of carbonyl (C=O) groups excluding carboxylic acids is 2. The summed E-state index contributed by atoms with van der Waals surface area (Å²) < 4.78 is 16.4. The molecule has 32 heavy (non-hydrogen) atoms. The lowest BCUT2D eigenvalue weighted by molar-refractivity contribution is -0.113. The molecule has 0 radical (unpaired) electrons. The number of thioether (sulfide) groups is 1. The van der Waals surface area contributed by atoms with Crippen molar-refractivity contribution in [1.82, 2.24) is 20.1 Å². The van der Waals surface area contributed by atoms with E-state index in [9.17, 15) is 14.0 Å². The van der Waals surface area contributed by atoms with Crippen LogP contribution in [-0.2, 0) is 11.3 Å². The normalized spacial score (nSPS) is 11.8. The maximum absolute atomic E-state index is 13.9. The summed E-state index contributed by atoms with van der Waals surface area (Å²) in [6.07, 6.45) is 0. The van der Waals surface area contributed by atoms with E-state index in [-0.39, 0.29) is 29.3 Å². The molecule has 1 aromatic heterocycles. The predicted octanol–water partition coefficient (Wildman–Crippen LogP) is 4.73. The van der Waals surface area contributed by atoms with Gasteiger partial charge in [0.1, 0.15) is 5.82 Å². The molecule has 0 saturated heterocycles. The smallest absolute Gasteiger partial charge is 0.251 e. The first-order valence-electron chi connectivity index (χ1n) is 9.96. The Morgan fingerprint density at radius 2 is 2.00 bits per heavy atom. The summed E-state index contributed by atoms with van der Waals surface area (Å²) in [7, 11) is 0. The number of aromatic nitrogens is 3. The highest BCUT2D eigenvalue weighted by Gasteiger charge is 2.20. The summed E-state index contributed by atoms with van der Waals surface area (Å²) >= 11 is 4.38. The molecule has 0 aliphatic rings. The molecule has 0 spiro atoms. The predicted molar refractivity (Wildman–Crippen MR) is 126 cm³/mol. The van der Waals surface area contributed by atoms with Crippen molar-refractivity contribution in [2.24, 2.45) is 0 Å². The second kappa shape index (κ2) is 10.7. The number of amides is 2. The van der Waals surface area contributed by atoms with Gasteiger partial charge in [-0.2, -0.15) is 0 Å². The average molecular weight is 520 g/mol. The Morgan fingerprint density at radius 3 is 2.69 bits per heavy atom. The Morgan fingerprint density at radius 1 is 1.22 bits per heavy atom. The SMILES string of the molecule is CCn1c(SCC(=O)Nc2ccc(Br)cc2F)nnc1[C@@H](C)NC(=O)c1cccc(C)c1. The largest absolute Gasteiger partial charge is 0.342 e. The highest BCUT2D eigenvalue weighted by molar-refractivity contribution is 9.10. The van der Waals surface area contributed by atoms with Gasteiger partial charge in [-0.25, -0.2) is 4.39 Å². The monoisotopic (exact) mass is 519 g/mol. The van der Waals surface area contributed by atoms with Crippen LogP contribution in [0.1, 0.15) is 41.6 Å². The average Bonchev–Trinajstić information content (AvgIpc) is 3.17. The highest BCUT2D eigenvalue weighted by atomic mass is 79.9. The first kappa shape index (κ1) is 23.9. The van der Waals surface area contributed by atoms with Gasteiger partial charge in [0.2, 0.25) is 5.91 Å². The third-order valence-corrected chi connectivity index (χ3v) is 6.07. The van der Waals surface area contributed by atoms with Gasteiger partial charge in [-0.1, -0.05) is 45.4 Å². The molecule has 1 atom stereocenters. The molecule has 0 fully saturated rings. The molecule has 0 unspecified atom stereocenters.